The molecule has 1 amide bonds. The quantitative estimate of drug-likeness (QED) is 0.457. The van der Waals surface area contributed by atoms with E-state index in [0.29, 0.717) is 12.1 Å². The number of rotatable bonds is 8. The number of nitrogens with zero attached hydrogens (tertiary/aromatic N) is 1. The summed E-state index contributed by atoms with van der Waals surface area (Å²) in [7, 11) is 0. The molecule has 1 aromatic heterocycles. The van der Waals surface area contributed by atoms with Crippen LogP contribution >= 0.6 is 0 Å². The number of amides is 1. The van der Waals surface area contributed by atoms with Gasteiger partial charge in [0, 0.05) is 23.9 Å². The predicted octanol–water partition coefficient (Wildman–Crippen LogP) is 3.67. The molecule has 5 heteroatoms. The second-order valence-corrected chi connectivity index (χ2v) is 5.46. The van der Waals surface area contributed by atoms with Crippen molar-refractivity contribution in [1.82, 2.24) is 4.98 Å². The van der Waals surface area contributed by atoms with Crippen LogP contribution in [0.5, 0.6) is 0 Å². The van der Waals surface area contributed by atoms with Crippen LogP contribution < -0.4 is 5.32 Å². The fourth-order valence-corrected chi connectivity index (χ4v) is 2.24. The molecular formula is C19H20N2O3. The monoisotopic (exact) mass is 324 g/mol. The molecule has 124 valence electrons. The molecule has 1 heterocycles. The van der Waals surface area contributed by atoms with Crippen molar-refractivity contribution < 1.29 is 14.4 Å². The maximum absolute atomic E-state index is 12.3. The van der Waals surface area contributed by atoms with Crippen LogP contribution in [0.25, 0.3) is 0 Å². The van der Waals surface area contributed by atoms with Crippen molar-refractivity contribution in [1.29, 1.82) is 0 Å². The zero-order valence-electron chi connectivity index (χ0n) is 13.6. The molecule has 1 aromatic carbocycles. The molecule has 0 saturated carbocycles. The summed E-state index contributed by atoms with van der Waals surface area (Å²) in [6, 6.07) is 11.2. The van der Waals surface area contributed by atoms with Crippen molar-refractivity contribution in [3.8, 4) is 0 Å². The fraction of sp³-hybridized carbons (Fsp3) is 0.263. The Kier molecular flexibility index (Phi) is 6.37. The van der Waals surface area contributed by atoms with E-state index in [1.165, 1.54) is 18.3 Å². The average Bonchev–Trinajstić information content (AvgIpc) is 2.61. The van der Waals surface area contributed by atoms with Crippen LogP contribution in [0.3, 0.4) is 0 Å². The fourth-order valence-electron chi connectivity index (χ4n) is 2.24. The molecule has 0 spiro atoms. The van der Waals surface area contributed by atoms with Gasteiger partial charge in [-0.1, -0.05) is 38.0 Å². The number of pyridine rings is 1. The zero-order chi connectivity index (χ0) is 17.4. The zero-order valence-corrected chi connectivity index (χ0v) is 13.6. The second kappa shape index (κ2) is 8.72. The molecule has 24 heavy (non-hydrogen) atoms. The van der Waals surface area contributed by atoms with Gasteiger partial charge in [-0.25, -0.2) is 0 Å². The third-order valence-electron chi connectivity index (χ3n) is 3.52. The number of nitrogens with one attached hydrogen (secondary N) is 1. The minimum atomic E-state index is -0.665. The van der Waals surface area contributed by atoms with Gasteiger partial charge < -0.3 is 5.32 Å². The van der Waals surface area contributed by atoms with E-state index in [1.54, 1.807) is 30.3 Å². The molecule has 0 atom stereocenters. The lowest BCUT2D eigenvalue weighted by Crippen LogP contribution is -2.16. The Labute approximate surface area is 141 Å². The number of benzene rings is 1. The van der Waals surface area contributed by atoms with E-state index in [-0.39, 0.29) is 17.2 Å². The Hall–Kier alpha value is -2.82. The first-order valence-corrected chi connectivity index (χ1v) is 8.01. The number of hydrogen-bond acceptors (Lipinski definition) is 4. The van der Waals surface area contributed by atoms with Crippen molar-refractivity contribution in [3.63, 3.8) is 0 Å². The molecule has 0 fully saturated rings. The van der Waals surface area contributed by atoms with E-state index in [4.69, 9.17) is 0 Å². The lowest BCUT2D eigenvalue weighted by Gasteiger charge is -2.07. The topological polar surface area (TPSA) is 76.1 Å². The van der Waals surface area contributed by atoms with Gasteiger partial charge in [0.15, 0.2) is 0 Å². The van der Waals surface area contributed by atoms with Crippen molar-refractivity contribution in [3.05, 3.63) is 59.9 Å². The van der Waals surface area contributed by atoms with Crippen molar-refractivity contribution in [2.45, 2.75) is 32.6 Å². The SMILES string of the molecule is CCCCCC(=O)Nc1cccc(C(=O)C(=O)c2ccccn2)c1. The number of ketones is 2. The predicted molar refractivity (Wildman–Crippen MR) is 92.1 cm³/mol. The molecule has 0 aliphatic heterocycles. The highest BCUT2D eigenvalue weighted by molar-refractivity contribution is 6.48. The average molecular weight is 324 g/mol. The Morgan fingerprint density at radius 3 is 2.54 bits per heavy atom. The number of anilines is 1. The van der Waals surface area contributed by atoms with Gasteiger partial charge in [0.25, 0.3) is 5.78 Å². The molecule has 1 N–H and O–H groups in total. The molecule has 0 bridgehead atoms. The Morgan fingerprint density at radius 1 is 1.00 bits per heavy atom. The van der Waals surface area contributed by atoms with E-state index in [2.05, 4.69) is 17.2 Å². The Morgan fingerprint density at radius 2 is 1.83 bits per heavy atom. The summed E-state index contributed by atoms with van der Waals surface area (Å²) in [5, 5.41) is 2.76. The van der Waals surface area contributed by atoms with Gasteiger partial charge in [0.2, 0.25) is 11.7 Å². The molecule has 0 unspecified atom stereocenters. The summed E-state index contributed by atoms with van der Waals surface area (Å²) < 4.78 is 0. The Balaban J connectivity index is 2.05. The van der Waals surface area contributed by atoms with Gasteiger partial charge in [-0.05, 0) is 30.7 Å². The van der Waals surface area contributed by atoms with Crippen molar-refractivity contribution >= 4 is 23.2 Å². The summed E-state index contributed by atoms with van der Waals surface area (Å²) in [6.07, 6.45) is 4.79. The summed E-state index contributed by atoms with van der Waals surface area (Å²) in [5.41, 5.74) is 0.852. The van der Waals surface area contributed by atoms with Gasteiger partial charge in [0.1, 0.15) is 5.69 Å². The van der Waals surface area contributed by atoms with Crippen LogP contribution in [-0.2, 0) is 4.79 Å². The van der Waals surface area contributed by atoms with Gasteiger partial charge in [-0.15, -0.1) is 0 Å². The highest BCUT2D eigenvalue weighted by Gasteiger charge is 2.19. The molecule has 0 aliphatic carbocycles. The van der Waals surface area contributed by atoms with Crippen LogP contribution in [0.15, 0.2) is 48.7 Å². The van der Waals surface area contributed by atoms with Crippen LogP contribution in [0.1, 0.15) is 53.5 Å². The number of carbonyl (C=O) groups is 3. The normalized spacial score (nSPS) is 10.2. The Bertz CT molecular complexity index is 726. The molecule has 5 nitrogen and oxygen atoms in total. The van der Waals surface area contributed by atoms with Crippen LogP contribution in [0.2, 0.25) is 0 Å². The highest BCUT2D eigenvalue weighted by atomic mass is 16.2. The summed E-state index contributed by atoms with van der Waals surface area (Å²) in [5.74, 6) is -1.40. The van der Waals surface area contributed by atoms with E-state index < -0.39 is 11.6 Å². The van der Waals surface area contributed by atoms with Gasteiger partial charge in [-0.3, -0.25) is 19.4 Å². The maximum Gasteiger partial charge on any atom is 0.251 e. The van der Waals surface area contributed by atoms with Crippen molar-refractivity contribution in [2.24, 2.45) is 0 Å². The molecule has 0 saturated heterocycles. The third kappa shape index (κ3) is 4.84. The number of Topliss-reactive ketones (excluding diaryl/α,β-unsaturated/α-hetero) is 2. The van der Waals surface area contributed by atoms with E-state index >= 15 is 0 Å². The highest BCUT2D eigenvalue weighted by Crippen LogP contribution is 2.14. The minimum Gasteiger partial charge on any atom is -0.326 e. The smallest absolute Gasteiger partial charge is 0.251 e. The van der Waals surface area contributed by atoms with E-state index in [9.17, 15) is 14.4 Å². The molecule has 0 aliphatic rings. The first kappa shape index (κ1) is 17.5. The number of hydrogen-bond donors (Lipinski definition) is 1. The maximum atomic E-state index is 12.3. The van der Waals surface area contributed by atoms with E-state index in [0.717, 1.165) is 19.3 Å². The largest absolute Gasteiger partial charge is 0.326 e. The first-order chi connectivity index (χ1) is 11.6. The van der Waals surface area contributed by atoms with Gasteiger partial charge >= 0.3 is 0 Å². The molecule has 2 rings (SSSR count). The lowest BCUT2D eigenvalue weighted by atomic mass is 10.0. The molecule has 2 aromatic rings. The van der Waals surface area contributed by atoms with Crippen LogP contribution in [-0.4, -0.2) is 22.5 Å². The summed E-state index contributed by atoms with van der Waals surface area (Å²) >= 11 is 0. The summed E-state index contributed by atoms with van der Waals surface area (Å²) in [4.78, 5) is 40.2. The van der Waals surface area contributed by atoms with Crippen LogP contribution in [0.4, 0.5) is 5.69 Å². The van der Waals surface area contributed by atoms with Crippen LogP contribution in [0, 0.1) is 0 Å². The number of unbranched alkanes of at least 4 members (excludes halogenated alkanes) is 2. The standard InChI is InChI=1S/C19H20N2O3/c1-2-3-4-11-17(22)21-15-9-7-8-14(13-15)18(23)19(24)16-10-5-6-12-20-16/h5-10,12-13H,2-4,11H2,1H3,(H,21,22). The second-order valence-electron chi connectivity index (χ2n) is 5.46. The van der Waals surface area contributed by atoms with E-state index in [1.807, 2.05) is 0 Å². The third-order valence-corrected chi connectivity index (χ3v) is 3.52. The lowest BCUT2D eigenvalue weighted by molar-refractivity contribution is -0.116. The number of carbonyl (C=O) groups excluding carboxylic acids is 3. The number of aromatic nitrogens is 1. The molecular weight excluding hydrogens is 304 g/mol. The summed E-state index contributed by atoms with van der Waals surface area (Å²) in [6.45, 7) is 2.07. The van der Waals surface area contributed by atoms with Gasteiger partial charge in [-0.2, -0.15) is 0 Å². The van der Waals surface area contributed by atoms with Crippen molar-refractivity contribution in [2.75, 3.05) is 5.32 Å². The molecule has 0 radical (unpaired) electrons. The minimum absolute atomic E-state index is 0.0934. The van der Waals surface area contributed by atoms with Gasteiger partial charge in [0.05, 0.1) is 0 Å². The first-order valence-electron chi connectivity index (χ1n) is 8.01.